The van der Waals surface area contributed by atoms with Gasteiger partial charge < -0.3 is 9.13 Å². The fraction of sp³-hybridized carbons (Fsp3) is 0. The maximum absolute atomic E-state index is 9.60. The molecule has 6 aromatic carbocycles. The molecule has 3 heterocycles. The molecule has 0 unspecified atom stereocenters. The largest absolute Gasteiger partial charge is 0.309 e. The Balaban J connectivity index is -0.000000464. The number of rotatable bonds is 2. The summed E-state index contributed by atoms with van der Waals surface area (Å²) in [5.41, 5.74) is 7.62. The third kappa shape index (κ3) is 3.29. The van der Waals surface area contributed by atoms with Crippen molar-refractivity contribution in [1.29, 1.82) is 10.5 Å². The van der Waals surface area contributed by atoms with Crippen LogP contribution in [-0.4, -0.2) is 9.13 Å². The third-order valence-electron chi connectivity index (χ3n) is 8.55. The van der Waals surface area contributed by atoms with Crippen LogP contribution in [0.5, 0.6) is 0 Å². The summed E-state index contributed by atoms with van der Waals surface area (Å²) in [7, 11) is 0. The molecule has 9 aromatic rings. The second-order valence-electron chi connectivity index (χ2n) is 10.8. The first-order valence-electron chi connectivity index (χ1n) is 14.1. The Hall–Kier alpha value is -5.88. The lowest BCUT2D eigenvalue weighted by molar-refractivity contribution is 1.13. The van der Waals surface area contributed by atoms with E-state index in [1.54, 1.807) is 0 Å². The first kappa shape index (κ1) is 23.8. The van der Waals surface area contributed by atoms with E-state index in [0.29, 0.717) is 11.1 Å². The van der Waals surface area contributed by atoms with Crippen LogP contribution in [0.3, 0.4) is 0 Å². The lowest BCUT2D eigenvalue weighted by atomic mass is 10.1. The van der Waals surface area contributed by atoms with Crippen molar-refractivity contribution in [2.24, 2.45) is 0 Å². The first-order valence-corrected chi connectivity index (χ1v) is 14.9. The van der Waals surface area contributed by atoms with Gasteiger partial charge in [-0.3, -0.25) is 0 Å². The van der Waals surface area contributed by atoms with Crippen molar-refractivity contribution < 1.29 is 20.0 Å². The number of thiophene rings is 1. The van der Waals surface area contributed by atoms with E-state index >= 15 is 0 Å². The van der Waals surface area contributed by atoms with E-state index in [4.69, 9.17) is 0 Å². The number of aromatic nitrogens is 2. The Labute approximate surface area is 270 Å². The number of para-hydroxylation sites is 1. The molecule has 0 bridgehead atoms. The zero-order chi connectivity index (χ0) is 28.7. The van der Waals surface area contributed by atoms with Crippen LogP contribution in [0.1, 0.15) is 31.1 Å². The quantitative estimate of drug-likeness (QED) is 0.200. The summed E-state index contributed by atoms with van der Waals surface area (Å²) in [4.78, 5) is 0. The van der Waals surface area contributed by atoms with E-state index in [9.17, 15) is 10.5 Å². The standard InChI is InChI=1S/C38H20N4S.14H2/c39-21-23-12-15-33-30(18-23)31-19-24(22-40)13-16-34(31)41(33)25-6-5-7-26(20-25)42-32-10-3-1-9-29(32)37-35(42)17-14-28-27-8-2-4-11-36(27)43-38(28)37;;;;;;;;;;;;;;/h1-20H;14*1H. The second kappa shape index (κ2) is 8.81. The summed E-state index contributed by atoms with van der Waals surface area (Å²) in [6.07, 6.45) is 0. The maximum Gasteiger partial charge on any atom is 0.0991 e. The highest BCUT2D eigenvalue weighted by atomic mass is 32.1. The van der Waals surface area contributed by atoms with Crippen LogP contribution in [0.2, 0.25) is 0 Å². The van der Waals surface area contributed by atoms with Gasteiger partial charge in [-0.2, -0.15) is 10.5 Å². The predicted molar refractivity (Wildman–Crippen MR) is 207 cm³/mol. The molecule has 0 fully saturated rings. The number of fused-ring (bicyclic) bond motifs is 10. The average Bonchev–Trinajstić information content (AvgIpc) is 3.71. The molecule has 0 amide bonds. The van der Waals surface area contributed by atoms with Gasteiger partial charge in [0.25, 0.3) is 0 Å². The van der Waals surface area contributed by atoms with Crippen molar-refractivity contribution in [2.45, 2.75) is 0 Å². The number of hydrogen-bond acceptors (Lipinski definition) is 3. The summed E-state index contributed by atoms with van der Waals surface area (Å²) in [6, 6.07) is 46.6. The van der Waals surface area contributed by atoms with Gasteiger partial charge in [0.1, 0.15) is 0 Å². The van der Waals surface area contributed by atoms with Crippen molar-refractivity contribution in [1.82, 2.24) is 9.13 Å². The van der Waals surface area contributed by atoms with Crippen LogP contribution in [0.4, 0.5) is 0 Å². The summed E-state index contributed by atoms with van der Waals surface area (Å²) >= 11 is 1.86. The smallest absolute Gasteiger partial charge is 0.0991 e. The minimum Gasteiger partial charge on any atom is -0.309 e. The molecule has 0 aliphatic rings. The first-order chi connectivity index (χ1) is 21.2. The lowest BCUT2D eigenvalue weighted by Crippen LogP contribution is -1.98. The minimum atomic E-state index is 0. The molecular weight excluding hydrogens is 545 g/mol. The Bertz CT molecular complexity index is 2680. The Morgan fingerprint density at radius 1 is 0.488 bits per heavy atom. The fourth-order valence-electron chi connectivity index (χ4n) is 6.72. The molecule has 0 saturated carbocycles. The minimum absolute atomic E-state index is 0. The molecule has 0 spiro atoms. The van der Waals surface area contributed by atoms with Gasteiger partial charge in [0.2, 0.25) is 0 Å². The topological polar surface area (TPSA) is 57.4 Å². The maximum atomic E-state index is 9.60. The highest BCUT2D eigenvalue weighted by Crippen LogP contribution is 2.43. The Morgan fingerprint density at radius 2 is 1.07 bits per heavy atom. The third-order valence-corrected chi connectivity index (χ3v) is 9.75. The van der Waals surface area contributed by atoms with Gasteiger partial charge in [-0.05, 0) is 72.8 Å². The number of benzene rings is 6. The Morgan fingerprint density at radius 3 is 1.77 bits per heavy atom. The SMILES string of the molecule is N#Cc1ccc2c(c1)c1cc(C#N)ccc1n2-c1cccc(-n2c3ccccc3c3c4sc5ccccc5c4ccc32)c1.[HH].[HH].[HH].[HH].[HH].[HH].[HH].[HH].[HH].[HH].[HH].[HH].[HH].[HH]. The van der Waals surface area contributed by atoms with Crippen molar-refractivity contribution in [3.63, 3.8) is 0 Å². The van der Waals surface area contributed by atoms with E-state index in [0.717, 1.165) is 33.2 Å². The van der Waals surface area contributed by atoms with Gasteiger partial charge in [-0.1, -0.05) is 48.5 Å². The summed E-state index contributed by atoms with van der Waals surface area (Å²) in [5.74, 6) is 0. The van der Waals surface area contributed by atoms with Crippen molar-refractivity contribution in [3.8, 4) is 23.5 Å². The van der Waals surface area contributed by atoms with E-state index in [1.165, 1.54) is 42.0 Å². The zero-order valence-electron chi connectivity index (χ0n) is 22.7. The number of nitriles is 2. The molecule has 5 heteroatoms. The van der Waals surface area contributed by atoms with Crippen LogP contribution in [-0.2, 0) is 0 Å². The van der Waals surface area contributed by atoms with Gasteiger partial charge in [0, 0.05) is 73.1 Å². The number of hydrogen-bond donors (Lipinski definition) is 0. The highest BCUT2D eigenvalue weighted by molar-refractivity contribution is 7.26. The van der Waals surface area contributed by atoms with Crippen LogP contribution >= 0.6 is 11.3 Å². The molecule has 9 rings (SSSR count). The predicted octanol–water partition coefficient (Wildman–Crippen LogP) is 13.4. The zero-order valence-corrected chi connectivity index (χ0v) is 23.6. The van der Waals surface area contributed by atoms with Crippen LogP contribution in [0.25, 0.3) is 75.2 Å². The van der Waals surface area contributed by atoms with E-state index in [-0.39, 0.29) is 20.0 Å². The van der Waals surface area contributed by atoms with E-state index in [1.807, 2.05) is 47.7 Å². The normalized spacial score (nSPS) is 11.7. The molecule has 0 N–H and O–H groups in total. The molecule has 43 heavy (non-hydrogen) atoms. The van der Waals surface area contributed by atoms with Crippen LogP contribution in [0, 0.1) is 22.7 Å². The fourth-order valence-corrected chi connectivity index (χ4v) is 7.98. The summed E-state index contributed by atoms with van der Waals surface area (Å²) < 4.78 is 7.21. The average molecular weight is 593 g/mol. The van der Waals surface area contributed by atoms with Crippen molar-refractivity contribution in [2.75, 3.05) is 0 Å². The molecular formula is C38H48N4S. The van der Waals surface area contributed by atoms with Gasteiger partial charge in [0.05, 0.1) is 45.3 Å². The molecule has 3 aromatic heterocycles. The molecule has 226 valence electrons. The highest BCUT2D eigenvalue weighted by Gasteiger charge is 2.19. The monoisotopic (exact) mass is 592 g/mol. The molecule has 0 atom stereocenters. The molecule has 4 nitrogen and oxygen atoms in total. The van der Waals surface area contributed by atoms with Crippen molar-refractivity contribution in [3.05, 3.63) is 132 Å². The summed E-state index contributed by atoms with van der Waals surface area (Å²) in [6.45, 7) is 0. The van der Waals surface area contributed by atoms with E-state index < -0.39 is 0 Å². The number of nitrogens with zero attached hydrogens (tertiary/aromatic N) is 4. The molecule has 0 saturated heterocycles. The molecule has 0 radical (unpaired) electrons. The van der Waals surface area contributed by atoms with Crippen LogP contribution < -0.4 is 0 Å². The van der Waals surface area contributed by atoms with Gasteiger partial charge >= 0.3 is 0 Å². The molecule has 0 aliphatic carbocycles. The summed E-state index contributed by atoms with van der Waals surface area (Å²) in [5, 5.41) is 26.2. The Kier molecular flexibility index (Phi) is 4.87. The second-order valence-corrected chi connectivity index (χ2v) is 11.9. The lowest BCUT2D eigenvalue weighted by Gasteiger charge is -2.13. The van der Waals surface area contributed by atoms with Crippen molar-refractivity contribution >= 4 is 75.1 Å². The van der Waals surface area contributed by atoms with Gasteiger partial charge in [0.15, 0.2) is 0 Å². The van der Waals surface area contributed by atoms with Crippen LogP contribution in [0.15, 0.2) is 121 Å². The van der Waals surface area contributed by atoms with Gasteiger partial charge in [-0.25, -0.2) is 0 Å². The van der Waals surface area contributed by atoms with E-state index in [2.05, 4.69) is 106 Å². The van der Waals surface area contributed by atoms with Gasteiger partial charge in [-0.15, -0.1) is 11.3 Å². The molecule has 0 aliphatic heterocycles.